The van der Waals surface area contributed by atoms with Crippen LogP contribution in [0.15, 0.2) is 24.3 Å². The molecular weight excluding hydrogens is 256 g/mol. The van der Waals surface area contributed by atoms with E-state index in [0.29, 0.717) is 5.92 Å². The van der Waals surface area contributed by atoms with Gasteiger partial charge in [0.25, 0.3) is 0 Å². The topological polar surface area (TPSA) is 15.3 Å². The van der Waals surface area contributed by atoms with Crippen LogP contribution >= 0.6 is 12.4 Å². The Morgan fingerprint density at radius 1 is 1.11 bits per heavy atom. The molecule has 0 spiro atoms. The Hall–Kier alpha value is -0.570. The molecule has 1 aromatic carbocycles. The summed E-state index contributed by atoms with van der Waals surface area (Å²) in [5, 5.41) is 3.50. The summed E-state index contributed by atoms with van der Waals surface area (Å²) < 4.78 is 0. The second-order valence-corrected chi connectivity index (χ2v) is 6.27. The van der Waals surface area contributed by atoms with Crippen LogP contribution in [0.1, 0.15) is 30.9 Å². The first-order chi connectivity index (χ1) is 8.72. The van der Waals surface area contributed by atoms with Crippen LogP contribution in [0.25, 0.3) is 0 Å². The number of likely N-dealkylation sites (tertiary alicyclic amines) is 1. The lowest BCUT2D eigenvalue weighted by molar-refractivity contribution is 0.305. The standard InChI is InChI=1S/C16H24N2.ClH/c1-12(2)14-5-3-13(4-6-14)9-18-10-15-7-17-8-16(15)11-18;/h3-6,12,15-17H,7-11H2,1-2H3;1H/t15-,16+;. The molecular formula is C16H25ClN2. The zero-order valence-corrected chi connectivity index (χ0v) is 12.7. The molecule has 106 valence electrons. The Kier molecular flexibility index (Phi) is 4.88. The fourth-order valence-electron chi connectivity index (χ4n) is 3.35. The highest BCUT2D eigenvalue weighted by Gasteiger charge is 2.35. The van der Waals surface area contributed by atoms with Crippen LogP contribution in [0, 0.1) is 11.8 Å². The van der Waals surface area contributed by atoms with Crippen molar-refractivity contribution in [2.45, 2.75) is 26.3 Å². The lowest BCUT2D eigenvalue weighted by Gasteiger charge is -2.17. The maximum atomic E-state index is 3.50. The molecule has 1 aromatic rings. The summed E-state index contributed by atoms with van der Waals surface area (Å²) in [5.41, 5.74) is 2.91. The first-order valence-electron chi connectivity index (χ1n) is 7.24. The van der Waals surface area contributed by atoms with Crippen LogP contribution in [-0.4, -0.2) is 31.1 Å². The van der Waals surface area contributed by atoms with E-state index in [1.54, 1.807) is 0 Å². The van der Waals surface area contributed by atoms with E-state index in [-0.39, 0.29) is 12.4 Å². The number of nitrogens with one attached hydrogen (secondary N) is 1. The van der Waals surface area contributed by atoms with Gasteiger partial charge in [0.15, 0.2) is 0 Å². The first kappa shape index (κ1) is 14.8. The Bertz CT molecular complexity index is 390. The lowest BCUT2D eigenvalue weighted by Crippen LogP contribution is -2.25. The molecule has 2 saturated heterocycles. The Balaban J connectivity index is 0.00000133. The molecule has 2 heterocycles. The maximum absolute atomic E-state index is 3.50. The van der Waals surface area contributed by atoms with Gasteiger partial charge in [0.05, 0.1) is 0 Å². The van der Waals surface area contributed by atoms with Gasteiger partial charge in [0, 0.05) is 19.6 Å². The normalized spacial score (nSPS) is 26.5. The van der Waals surface area contributed by atoms with Gasteiger partial charge in [-0.25, -0.2) is 0 Å². The van der Waals surface area contributed by atoms with Gasteiger partial charge in [-0.2, -0.15) is 0 Å². The molecule has 2 aliphatic heterocycles. The third kappa shape index (κ3) is 3.31. The van der Waals surface area contributed by atoms with Crippen molar-refractivity contribution in [2.75, 3.05) is 26.2 Å². The Morgan fingerprint density at radius 2 is 1.68 bits per heavy atom. The van der Waals surface area contributed by atoms with Crippen molar-refractivity contribution in [3.63, 3.8) is 0 Å². The molecule has 3 heteroatoms. The molecule has 2 atom stereocenters. The zero-order chi connectivity index (χ0) is 12.5. The monoisotopic (exact) mass is 280 g/mol. The SMILES string of the molecule is CC(C)c1ccc(CN2C[C@H]3CNC[C@H]3C2)cc1.Cl. The second-order valence-electron chi connectivity index (χ2n) is 6.27. The number of nitrogens with zero attached hydrogens (tertiary/aromatic N) is 1. The summed E-state index contributed by atoms with van der Waals surface area (Å²) in [4.78, 5) is 2.63. The summed E-state index contributed by atoms with van der Waals surface area (Å²) in [6, 6.07) is 9.19. The Labute approximate surface area is 123 Å². The Morgan fingerprint density at radius 3 is 2.21 bits per heavy atom. The van der Waals surface area contributed by atoms with E-state index < -0.39 is 0 Å². The largest absolute Gasteiger partial charge is 0.316 e. The van der Waals surface area contributed by atoms with E-state index >= 15 is 0 Å². The van der Waals surface area contributed by atoms with Crippen LogP contribution in [0.2, 0.25) is 0 Å². The van der Waals surface area contributed by atoms with Gasteiger partial charge in [0.2, 0.25) is 0 Å². The highest BCUT2D eigenvalue weighted by molar-refractivity contribution is 5.85. The maximum Gasteiger partial charge on any atom is 0.0233 e. The molecule has 2 fully saturated rings. The van der Waals surface area contributed by atoms with Gasteiger partial charge >= 0.3 is 0 Å². The van der Waals surface area contributed by atoms with Crippen molar-refractivity contribution in [1.82, 2.24) is 10.2 Å². The van der Waals surface area contributed by atoms with E-state index in [2.05, 4.69) is 48.3 Å². The van der Waals surface area contributed by atoms with Gasteiger partial charge in [-0.15, -0.1) is 12.4 Å². The molecule has 2 aliphatic rings. The van der Waals surface area contributed by atoms with Crippen LogP contribution in [0.4, 0.5) is 0 Å². The van der Waals surface area contributed by atoms with Crippen molar-refractivity contribution in [3.05, 3.63) is 35.4 Å². The predicted molar refractivity (Wildman–Crippen MR) is 82.9 cm³/mol. The van der Waals surface area contributed by atoms with Gasteiger partial charge < -0.3 is 5.32 Å². The molecule has 0 saturated carbocycles. The van der Waals surface area contributed by atoms with Gasteiger partial charge in [-0.3, -0.25) is 4.90 Å². The molecule has 0 aromatic heterocycles. The van der Waals surface area contributed by atoms with Crippen molar-refractivity contribution in [1.29, 1.82) is 0 Å². The van der Waals surface area contributed by atoms with Crippen molar-refractivity contribution in [2.24, 2.45) is 11.8 Å². The van der Waals surface area contributed by atoms with Gasteiger partial charge in [-0.1, -0.05) is 38.1 Å². The van der Waals surface area contributed by atoms with E-state index in [0.717, 1.165) is 18.4 Å². The summed E-state index contributed by atoms with van der Waals surface area (Å²) in [6.07, 6.45) is 0. The average molecular weight is 281 g/mol. The highest BCUT2D eigenvalue weighted by Crippen LogP contribution is 2.27. The number of halogens is 1. The third-order valence-electron chi connectivity index (χ3n) is 4.52. The number of hydrogen-bond acceptors (Lipinski definition) is 2. The molecule has 0 aliphatic carbocycles. The van der Waals surface area contributed by atoms with Crippen LogP contribution in [-0.2, 0) is 6.54 Å². The fraction of sp³-hybridized carbons (Fsp3) is 0.625. The van der Waals surface area contributed by atoms with Crippen molar-refractivity contribution in [3.8, 4) is 0 Å². The van der Waals surface area contributed by atoms with E-state index in [4.69, 9.17) is 0 Å². The van der Waals surface area contributed by atoms with Gasteiger partial charge in [0.1, 0.15) is 0 Å². The molecule has 2 nitrogen and oxygen atoms in total. The average Bonchev–Trinajstić information content (AvgIpc) is 2.90. The zero-order valence-electron chi connectivity index (χ0n) is 11.9. The van der Waals surface area contributed by atoms with Crippen molar-refractivity contribution >= 4 is 12.4 Å². The third-order valence-corrected chi connectivity index (χ3v) is 4.52. The molecule has 0 radical (unpaired) electrons. The molecule has 0 unspecified atom stereocenters. The quantitative estimate of drug-likeness (QED) is 0.916. The summed E-state index contributed by atoms with van der Waals surface area (Å²) in [5.74, 6) is 2.44. The lowest BCUT2D eigenvalue weighted by atomic mass is 10.0. The minimum atomic E-state index is 0. The number of rotatable bonds is 3. The summed E-state index contributed by atoms with van der Waals surface area (Å²) in [6.45, 7) is 10.7. The van der Waals surface area contributed by atoms with Crippen LogP contribution in [0.5, 0.6) is 0 Å². The number of fused-ring (bicyclic) bond motifs is 1. The van der Waals surface area contributed by atoms with Crippen molar-refractivity contribution < 1.29 is 0 Å². The van der Waals surface area contributed by atoms with Crippen LogP contribution in [0.3, 0.4) is 0 Å². The molecule has 3 rings (SSSR count). The second kappa shape index (κ2) is 6.25. The minimum Gasteiger partial charge on any atom is -0.316 e. The number of benzene rings is 1. The van der Waals surface area contributed by atoms with E-state index in [1.807, 2.05) is 0 Å². The molecule has 0 bridgehead atoms. The molecule has 1 N–H and O–H groups in total. The smallest absolute Gasteiger partial charge is 0.0233 e. The summed E-state index contributed by atoms with van der Waals surface area (Å²) in [7, 11) is 0. The van der Waals surface area contributed by atoms with E-state index in [9.17, 15) is 0 Å². The molecule has 19 heavy (non-hydrogen) atoms. The summed E-state index contributed by atoms with van der Waals surface area (Å²) >= 11 is 0. The first-order valence-corrected chi connectivity index (χ1v) is 7.24. The molecule has 0 amide bonds. The van der Waals surface area contributed by atoms with Gasteiger partial charge in [-0.05, 0) is 42.0 Å². The fourth-order valence-corrected chi connectivity index (χ4v) is 3.35. The van der Waals surface area contributed by atoms with E-state index in [1.165, 1.54) is 37.3 Å². The predicted octanol–water partition coefficient (Wildman–Crippen LogP) is 2.88. The van der Waals surface area contributed by atoms with Crippen LogP contribution < -0.4 is 5.32 Å². The minimum absolute atomic E-state index is 0. The highest BCUT2D eigenvalue weighted by atomic mass is 35.5. The number of hydrogen-bond donors (Lipinski definition) is 1.